The number of hydrogen-bond acceptors (Lipinski definition) is 2. The topological polar surface area (TPSA) is 29.3 Å². The predicted molar refractivity (Wildman–Crippen MR) is 85.2 cm³/mol. The summed E-state index contributed by atoms with van der Waals surface area (Å²) in [5, 5.41) is 0.770. The number of halogens is 2. The average molecular weight is 340 g/mol. The molecule has 0 saturated carbocycles. The van der Waals surface area contributed by atoms with Crippen molar-refractivity contribution in [2.24, 2.45) is 0 Å². The highest BCUT2D eigenvalue weighted by Crippen LogP contribution is 2.21. The predicted octanol–water partition coefficient (Wildman–Crippen LogP) is 4.32. The first-order chi connectivity index (χ1) is 9.04. The van der Waals surface area contributed by atoms with E-state index >= 15 is 0 Å². The molecule has 2 rings (SSSR count). The Balaban J connectivity index is 1.98. The summed E-state index contributed by atoms with van der Waals surface area (Å²) in [6.45, 7) is 1.74. The Labute approximate surface area is 127 Å². The maximum atomic E-state index is 5.89. The third-order valence-electron chi connectivity index (χ3n) is 2.88. The van der Waals surface area contributed by atoms with Crippen molar-refractivity contribution in [3.8, 4) is 0 Å². The van der Waals surface area contributed by atoms with Crippen LogP contribution in [0.15, 0.2) is 46.9 Å². The van der Waals surface area contributed by atoms with Crippen LogP contribution in [0.2, 0.25) is 5.02 Å². The van der Waals surface area contributed by atoms with Crippen molar-refractivity contribution in [3.63, 3.8) is 0 Å². The minimum Gasteiger partial charge on any atom is -0.398 e. The average Bonchev–Trinajstić information content (AvgIpc) is 2.37. The van der Waals surface area contributed by atoms with Gasteiger partial charge in [0.1, 0.15) is 0 Å². The molecule has 0 aliphatic carbocycles. The summed E-state index contributed by atoms with van der Waals surface area (Å²) >= 11 is 9.28. The molecule has 4 heteroatoms. The van der Waals surface area contributed by atoms with Gasteiger partial charge >= 0.3 is 0 Å². The number of nitrogens with two attached hydrogens (primary N) is 1. The summed E-state index contributed by atoms with van der Waals surface area (Å²) < 4.78 is 0.941. The number of nitrogen functional groups attached to an aromatic ring is 1. The summed E-state index contributed by atoms with van der Waals surface area (Å²) in [4.78, 5) is 2.24. The van der Waals surface area contributed by atoms with Gasteiger partial charge in [-0.1, -0.05) is 29.8 Å². The first kappa shape index (κ1) is 14.4. The molecule has 0 bridgehead atoms. The Kier molecular flexibility index (Phi) is 4.86. The van der Waals surface area contributed by atoms with E-state index in [2.05, 4.69) is 46.1 Å². The Morgan fingerprint density at radius 1 is 1.05 bits per heavy atom. The molecule has 0 saturated heterocycles. The SMILES string of the molecule is CN(Cc1ccc(Cl)cc1)Cc1ccc(Br)c(N)c1. The van der Waals surface area contributed by atoms with E-state index in [1.54, 1.807) is 0 Å². The number of nitrogens with zero attached hydrogens (tertiary/aromatic N) is 1. The molecule has 19 heavy (non-hydrogen) atoms. The molecule has 2 nitrogen and oxygen atoms in total. The maximum Gasteiger partial charge on any atom is 0.0461 e. The van der Waals surface area contributed by atoms with E-state index in [9.17, 15) is 0 Å². The molecule has 0 radical (unpaired) electrons. The lowest BCUT2D eigenvalue weighted by molar-refractivity contribution is 0.319. The highest BCUT2D eigenvalue weighted by Gasteiger charge is 2.04. The van der Waals surface area contributed by atoms with Crippen LogP contribution in [0.3, 0.4) is 0 Å². The quantitative estimate of drug-likeness (QED) is 0.841. The Morgan fingerprint density at radius 2 is 1.63 bits per heavy atom. The van der Waals surface area contributed by atoms with Crippen LogP contribution in [-0.4, -0.2) is 11.9 Å². The lowest BCUT2D eigenvalue weighted by atomic mass is 10.1. The second-order valence-electron chi connectivity index (χ2n) is 4.65. The van der Waals surface area contributed by atoms with E-state index < -0.39 is 0 Å². The third-order valence-corrected chi connectivity index (χ3v) is 3.85. The van der Waals surface area contributed by atoms with E-state index in [1.807, 2.05) is 24.3 Å². The fraction of sp³-hybridized carbons (Fsp3) is 0.200. The largest absolute Gasteiger partial charge is 0.398 e. The van der Waals surface area contributed by atoms with E-state index in [0.29, 0.717) is 0 Å². The molecule has 0 aliphatic rings. The van der Waals surface area contributed by atoms with Crippen molar-refractivity contribution in [3.05, 3.63) is 63.1 Å². The summed E-state index contributed by atoms with van der Waals surface area (Å²) in [6, 6.07) is 14.0. The standard InChI is InChI=1S/C15H16BrClN2/c1-19(9-11-2-5-13(17)6-3-11)10-12-4-7-14(16)15(18)8-12/h2-8H,9-10,18H2,1H3. The van der Waals surface area contributed by atoms with Gasteiger partial charge in [-0.25, -0.2) is 0 Å². The minimum absolute atomic E-state index is 0.770. The van der Waals surface area contributed by atoms with E-state index in [1.165, 1.54) is 11.1 Å². The second-order valence-corrected chi connectivity index (χ2v) is 5.95. The molecule has 0 fully saturated rings. The van der Waals surface area contributed by atoms with Gasteiger partial charge in [0.25, 0.3) is 0 Å². The number of hydrogen-bond donors (Lipinski definition) is 1. The zero-order valence-corrected chi connectivity index (χ0v) is 13.1. The van der Waals surface area contributed by atoms with Gasteiger partial charge in [0.2, 0.25) is 0 Å². The highest BCUT2D eigenvalue weighted by molar-refractivity contribution is 9.10. The number of rotatable bonds is 4. The fourth-order valence-electron chi connectivity index (χ4n) is 1.96. The van der Waals surface area contributed by atoms with Crippen LogP contribution in [-0.2, 0) is 13.1 Å². The molecule has 0 amide bonds. The molecule has 2 aromatic carbocycles. The third kappa shape index (κ3) is 4.23. The van der Waals surface area contributed by atoms with Gasteiger partial charge in [0, 0.05) is 28.3 Å². The lowest BCUT2D eigenvalue weighted by Gasteiger charge is -2.17. The Morgan fingerprint density at radius 3 is 2.26 bits per heavy atom. The van der Waals surface area contributed by atoms with Crippen LogP contribution in [0.4, 0.5) is 5.69 Å². The molecule has 100 valence electrons. The number of anilines is 1. The molecular weight excluding hydrogens is 324 g/mol. The van der Waals surface area contributed by atoms with Gasteiger partial charge in [0.15, 0.2) is 0 Å². The van der Waals surface area contributed by atoms with Crippen LogP contribution >= 0.6 is 27.5 Å². The van der Waals surface area contributed by atoms with Gasteiger partial charge in [0.05, 0.1) is 0 Å². The Hall–Kier alpha value is -1.03. The molecular formula is C15H16BrClN2. The lowest BCUT2D eigenvalue weighted by Crippen LogP contribution is -2.17. The molecule has 0 aliphatic heterocycles. The van der Waals surface area contributed by atoms with E-state index in [0.717, 1.165) is 28.3 Å². The van der Waals surface area contributed by atoms with Gasteiger partial charge in [-0.05, 0) is 58.4 Å². The van der Waals surface area contributed by atoms with Gasteiger partial charge < -0.3 is 5.73 Å². The maximum absolute atomic E-state index is 5.89. The normalized spacial score (nSPS) is 10.9. The summed E-state index contributed by atoms with van der Waals surface area (Å²) in [5.74, 6) is 0. The smallest absolute Gasteiger partial charge is 0.0461 e. The molecule has 0 unspecified atom stereocenters. The molecule has 0 spiro atoms. The molecule has 2 aromatic rings. The first-order valence-electron chi connectivity index (χ1n) is 6.01. The monoisotopic (exact) mass is 338 g/mol. The van der Waals surface area contributed by atoms with Crippen LogP contribution in [0, 0.1) is 0 Å². The molecule has 2 N–H and O–H groups in total. The number of benzene rings is 2. The summed E-state index contributed by atoms with van der Waals surface area (Å²) in [6.07, 6.45) is 0. The Bertz CT molecular complexity index is 555. The van der Waals surface area contributed by atoms with E-state index in [-0.39, 0.29) is 0 Å². The summed E-state index contributed by atoms with van der Waals surface area (Å²) in [7, 11) is 2.09. The van der Waals surface area contributed by atoms with Crippen molar-refractivity contribution in [2.45, 2.75) is 13.1 Å². The zero-order valence-electron chi connectivity index (χ0n) is 10.7. The van der Waals surface area contributed by atoms with Crippen molar-refractivity contribution >= 4 is 33.2 Å². The van der Waals surface area contributed by atoms with Crippen molar-refractivity contribution in [1.29, 1.82) is 0 Å². The zero-order chi connectivity index (χ0) is 13.8. The second kappa shape index (κ2) is 6.42. The molecule has 0 atom stereocenters. The van der Waals surface area contributed by atoms with Crippen molar-refractivity contribution in [2.75, 3.05) is 12.8 Å². The molecule has 0 aromatic heterocycles. The summed E-state index contributed by atoms with van der Waals surface area (Å²) in [5.41, 5.74) is 9.11. The first-order valence-corrected chi connectivity index (χ1v) is 7.18. The van der Waals surface area contributed by atoms with Gasteiger partial charge in [-0.3, -0.25) is 4.90 Å². The van der Waals surface area contributed by atoms with Crippen molar-refractivity contribution in [1.82, 2.24) is 4.90 Å². The molecule has 0 heterocycles. The van der Waals surface area contributed by atoms with Gasteiger partial charge in [-0.15, -0.1) is 0 Å². The van der Waals surface area contributed by atoms with Gasteiger partial charge in [-0.2, -0.15) is 0 Å². The van der Waals surface area contributed by atoms with Crippen LogP contribution < -0.4 is 5.73 Å². The van der Waals surface area contributed by atoms with Crippen LogP contribution in [0.25, 0.3) is 0 Å². The minimum atomic E-state index is 0.770. The van der Waals surface area contributed by atoms with Crippen LogP contribution in [0.5, 0.6) is 0 Å². The van der Waals surface area contributed by atoms with Crippen molar-refractivity contribution < 1.29 is 0 Å². The highest BCUT2D eigenvalue weighted by atomic mass is 79.9. The fourth-order valence-corrected chi connectivity index (χ4v) is 2.33. The van der Waals surface area contributed by atoms with E-state index in [4.69, 9.17) is 17.3 Å². The van der Waals surface area contributed by atoms with Crippen LogP contribution in [0.1, 0.15) is 11.1 Å².